The van der Waals surface area contributed by atoms with E-state index in [9.17, 15) is 9.59 Å². The molecule has 0 radical (unpaired) electrons. The first-order chi connectivity index (χ1) is 15.0. The lowest BCUT2D eigenvalue weighted by Crippen LogP contribution is -2.33. The van der Waals surface area contributed by atoms with Crippen LogP contribution >= 0.6 is 11.8 Å². The van der Waals surface area contributed by atoms with E-state index in [1.165, 1.54) is 22.6 Å². The van der Waals surface area contributed by atoms with Crippen LogP contribution in [0.5, 0.6) is 0 Å². The number of carbonyl (C=O) groups excluding carboxylic acids is 2. The second-order valence-electron chi connectivity index (χ2n) is 7.05. The number of carbonyl (C=O) groups is 2. The Bertz CT molecular complexity index is 1120. The summed E-state index contributed by atoms with van der Waals surface area (Å²) in [5, 5.41) is 6.91. The van der Waals surface area contributed by atoms with Crippen molar-refractivity contribution in [3.05, 3.63) is 60.5 Å². The lowest BCUT2D eigenvalue weighted by atomic mass is 10.1. The van der Waals surface area contributed by atoms with Gasteiger partial charge in [-0.25, -0.2) is 13.9 Å². The third-order valence-corrected chi connectivity index (χ3v) is 5.70. The molecule has 3 aromatic rings. The molecule has 0 bridgehead atoms. The van der Waals surface area contributed by atoms with Gasteiger partial charge in [-0.3, -0.25) is 9.69 Å². The fourth-order valence-electron chi connectivity index (χ4n) is 3.41. The first-order valence-electron chi connectivity index (χ1n) is 9.67. The number of amides is 2. The van der Waals surface area contributed by atoms with Crippen LogP contribution in [0.25, 0.3) is 16.9 Å². The van der Waals surface area contributed by atoms with Crippen LogP contribution in [-0.2, 0) is 9.53 Å². The quantitative estimate of drug-likeness (QED) is 0.589. The van der Waals surface area contributed by atoms with E-state index in [0.29, 0.717) is 5.69 Å². The van der Waals surface area contributed by atoms with Crippen LogP contribution in [0.2, 0.25) is 0 Å². The normalized spacial score (nSPS) is 15.8. The molecule has 0 spiro atoms. The minimum Gasteiger partial charge on any atom is -0.442 e. The topological polar surface area (TPSA) is 76.5 Å². The van der Waals surface area contributed by atoms with Gasteiger partial charge in [-0.05, 0) is 42.7 Å². The number of hydrogen-bond acceptors (Lipinski definition) is 5. The molecule has 1 saturated heterocycles. The molecule has 2 amide bonds. The highest BCUT2D eigenvalue weighted by Gasteiger charge is 2.32. The standard InChI is InChI=1S/C22H21FN4O3S/c1-14(28)24-12-17-13-26(22(29)30-17)16-5-8-21(19(23)11-16)27-20(9-10-25-27)15-3-6-18(31-2)7-4-15/h3-11,17H,12-13H2,1-2H3,(H,24,28)/t17-/m0/s1. The van der Waals surface area contributed by atoms with Crippen molar-refractivity contribution in [1.29, 1.82) is 0 Å². The van der Waals surface area contributed by atoms with Crippen molar-refractivity contribution in [2.24, 2.45) is 0 Å². The Kier molecular flexibility index (Phi) is 5.94. The molecule has 1 atom stereocenters. The summed E-state index contributed by atoms with van der Waals surface area (Å²) in [6, 6.07) is 14.3. The molecular formula is C22H21FN4O3S. The predicted octanol–water partition coefficient (Wildman–Crippen LogP) is 3.86. The Balaban J connectivity index is 1.57. The molecule has 7 nitrogen and oxygen atoms in total. The van der Waals surface area contributed by atoms with Gasteiger partial charge in [0.2, 0.25) is 5.91 Å². The lowest BCUT2D eigenvalue weighted by molar-refractivity contribution is -0.119. The molecule has 9 heteroatoms. The number of ether oxygens (including phenoxy) is 1. The smallest absolute Gasteiger partial charge is 0.414 e. The van der Waals surface area contributed by atoms with E-state index in [1.54, 1.807) is 30.1 Å². The highest BCUT2D eigenvalue weighted by Crippen LogP contribution is 2.29. The summed E-state index contributed by atoms with van der Waals surface area (Å²) in [6.45, 7) is 1.83. The molecule has 0 unspecified atom stereocenters. The molecule has 0 aliphatic carbocycles. The molecule has 31 heavy (non-hydrogen) atoms. The predicted molar refractivity (Wildman–Crippen MR) is 117 cm³/mol. The molecule has 4 rings (SSSR count). The van der Waals surface area contributed by atoms with Crippen LogP contribution in [0, 0.1) is 5.82 Å². The van der Waals surface area contributed by atoms with Gasteiger partial charge in [0.15, 0.2) is 5.82 Å². The van der Waals surface area contributed by atoms with Crippen molar-refractivity contribution in [3.63, 3.8) is 0 Å². The number of nitrogens with zero attached hydrogens (tertiary/aromatic N) is 3. The van der Waals surface area contributed by atoms with E-state index in [0.717, 1.165) is 16.2 Å². The van der Waals surface area contributed by atoms with Crippen LogP contribution in [0.15, 0.2) is 59.6 Å². The Morgan fingerprint density at radius 2 is 2.03 bits per heavy atom. The first-order valence-corrected chi connectivity index (χ1v) is 10.9. The van der Waals surface area contributed by atoms with Gasteiger partial charge < -0.3 is 10.1 Å². The fourth-order valence-corrected chi connectivity index (χ4v) is 3.82. The van der Waals surface area contributed by atoms with Gasteiger partial charge in [0.05, 0.1) is 30.7 Å². The Morgan fingerprint density at radius 3 is 2.71 bits per heavy atom. The van der Waals surface area contributed by atoms with Crippen LogP contribution in [0.3, 0.4) is 0 Å². The molecule has 1 fully saturated rings. The van der Waals surface area contributed by atoms with Gasteiger partial charge in [-0.1, -0.05) is 12.1 Å². The number of cyclic esters (lactones) is 1. The summed E-state index contributed by atoms with van der Waals surface area (Å²) in [5.74, 6) is -0.718. The minimum atomic E-state index is -0.573. The second-order valence-corrected chi connectivity index (χ2v) is 7.93. The van der Waals surface area contributed by atoms with Crippen molar-refractivity contribution >= 4 is 29.4 Å². The van der Waals surface area contributed by atoms with Crippen molar-refractivity contribution in [1.82, 2.24) is 15.1 Å². The van der Waals surface area contributed by atoms with Gasteiger partial charge in [-0.2, -0.15) is 5.10 Å². The zero-order valence-corrected chi connectivity index (χ0v) is 17.9. The number of halogens is 1. The third-order valence-electron chi connectivity index (χ3n) is 4.95. The van der Waals surface area contributed by atoms with Gasteiger partial charge in [0.1, 0.15) is 11.8 Å². The molecule has 1 aromatic heterocycles. The molecule has 2 aromatic carbocycles. The third kappa shape index (κ3) is 4.41. The van der Waals surface area contributed by atoms with Crippen LogP contribution in [0.1, 0.15) is 6.92 Å². The molecular weight excluding hydrogens is 419 g/mol. The lowest BCUT2D eigenvalue weighted by Gasteiger charge is -2.15. The SMILES string of the molecule is CSc1ccc(-c2ccnn2-c2ccc(N3C[C@H](CNC(C)=O)OC3=O)cc2F)cc1. The van der Waals surface area contributed by atoms with Crippen molar-refractivity contribution in [2.75, 3.05) is 24.2 Å². The molecule has 1 aliphatic rings. The van der Waals surface area contributed by atoms with Gasteiger partial charge >= 0.3 is 6.09 Å². The molecule has 160 valence electrons. The van der Waals surface area contributed by atoms with Crippen molar-refractivity contribution < 1.29 is 18.7 Å². The summed E-state index contributed by atoms with van der Waals surface area (Å²) in [4.78, 5) is 25.8. The number of anilines is 1. The Labute approximate surface area is 183 Å². The maximum absolute atomic E-state index is 15.1. The van der Waals surface area contributed by atoms with E-state index in [2.05, 4.69) is 10.4 Å². The maximum Gasteiger partial charge on any atom is 0.414 e. The van der Waals surface area contributed by atoms with E-state index >= 15 is 4.39 Å². The summed E-state index contributed by atoms with van der Waals surface area (Å²) in [6.07, 6.45) is 2.57. The largest absolute Gasteiger partial charge is 0.442 e. The van der Waals surface area contributed by atoms with Crippen molar-refractivity contribution in [3.8, 4) is 16.9 Å². The second kappa shape index (κ2) is 8.81. The number of hydrogen-bond donors (Lipinski definition) is 1. The van der Waals surface area contributed by atoms with Gasteiger partial charge in [0.25, 0.3) is 0 Å². The first kappa shape index (κ1) is 20.9. The van der Waals surface area contributed by atoms with Crippen LogP contribution in [-0.4, -0.2) is 47.2 Å². The Hall–Kier alpha value is -3.33. The fraction of sp³-hybridized carbons (Fsp3) is 0.227. The van der Waals surface area contributed by atoms with E-state index in [4.69, 9.17) is 4.74 Å². The minimum absolute atomic E-state index is 0.206. The zero-order chi connectivity index (χ0) is 22.0. The monoisotopic (exact) mass is 440 g/mol. The highest BCUT2D eigenvalue weighted by atomic mass is 32.2. The van der Waals surface area contributed by atoms with Crippen LogP contribution in [0.4, 0.5) is 14.9 Å². The van der Waals surface area contributed by atoms with Gasteiger partial charge in [-0.15, -0.1) is 11.8 Å². The molecule has 1 N–H and O–H groups in total. The molecule has 1 aliphatic heterocycles. The van der Waals surface area contributed by atoms with Gasteiger partial charge in [0, 0.05) is 17.4 Å². The number of nitrogens with one attached hydrogen (secondary N) is 1. The van der Waals surface area contributed by atoms with Crippen molar-refractivity contribution in [2.45, 2.75) is 17.9 Å². The zero-order valence-electron chi connectivity index (χ0n) is 17.0. The Morgan fingerprint density at radius 1 is 1.26 bits per heavy atom. The highest BCUT2D eigenvalue weighted by molar-refractivity contribution is 7.98. The van der Waals surface area contributed by atoms with E-state index < -0.39 is 18.0 Å². The number of aromatic nitrogens is 2. The average Bonchev–Trinajstić information content (AvgIpc) is 3.39. The average molecular weight is 441 g/mol. The van der Waals surface area contributed by atoms with E-state index in [-0.39, 0.29) is 24.7 Å². The summed E-state index contributed by atoms with van der Waals surface area (Å²) >= 11 is 1.65. The van der Waals surface area contributed by atoms with Crippen LogP contribution < -0.4 is 10.2 Å². The number of benzene rings is 2. The maximum atomic E-state index is 15.1. The molecule has 2 heterocycles. The number of rotatable bonds is 6. The summed E-state index contributed by atoms with van der Waals surface area (Å²) in [7, 11) is 0. The summed E-state index contributed by atoms with van der Waals surface area (Å²) < 4.78 is 21.8. The summed E-state index contributed by atoms with van der Waals surface area (Å²) in [5.41, 5.74) is 2.34. The van der Waals surface area contributed by atoms with E-state index in [1.807, 2.05) is 36.6 Å². The number of thioether (sulfide) groups is 1. The molecule has 0 saturated carbocycles.